The first-order chi connectivity index (χ1) is 14.7. The van der Waals surface area contributed by atoms with Crippen molar-refractivity contribution in [3.8, 4) is 28.4 Å². The van der Waals surface area contributed by atoms with Crippen LogP contribution in [0.25, 0.3) is 11.1 Å². The number of hydrogen-bond acceptors (Lipinski definition) is 6. The van der Waals surface area contributed by atoms with Crippen molar-refractivity contribution in [3.05, 3.63) is 41.5 Å². The third-order valence-electron chi connectivity index (χ3n) is 5.09. The zero-order valence-corrected chi connectivity index (χ0v) is 17.0. The minimum absolute atomic E-state index is 0.00831. The van der Waals surface area contributed by atoms with E-state index in [2.05, 4.69) is 0 Å². The second kappa shape index (κ2) is 8.15. The summed E-state index contributed by atoms with van der Waals surface area (Å²) >= 11 is 0. The highest BCUT2D eigenvalue weighted by molar-refractivity contribution is 6.02. The van der Waals surface area contributed by atoms with Crippen LogP contribution in [0.3, 0.4) is 0 Å². The van der Waals surface area contributed by atoms with Crippen LogP contribution in [0.15, 0.2) is 30.3 Å². The Morgan fingerprint density at radius 1 is 1.03 bits per heavy atom. The van der Waals surface area contributed by atoms with Crippen molar-refractivity contribution in [2.24, 2.45) is 5.41 Å². The molecular formula is C23H26O6. The first-order valence-electron chi connectivity index (χ1n) is 10.4. The molecule has 0 radical (unpaired) electrons. The number of carbonyl (C=O) groups excluding carboxylic acids is 2. The summed E-state index contributed by atoms with van der Waals surface area (Å²) in [5, 5.41) is 0. The van der Waals surface area contributed by atoms with E-state index < -0.39 is 18.4 Å². The number of ether oxygens (including phenoxy) is 4. The van der Waals surface area contributed by atoms with Gasteiger partial charge in [-0.05, 0) is 43.5 Å². The topological polar surface area (TPSA) is 71.1 Å². The zero-order chi connectivity index (χ0) is 22.8. The van der Waals surface area contributed by atoms with Crippen molar-refractivity contribution in [1.82, 2.24) is 0 Å². The minimum atomic E-state index is -1.56. The van der Waals surface area contributed by atoms with Crippen molar-refractivity contribution >= 4 is 11.8 Å². The number of hydrogen-bond donors (Lipinski definition) is 0. The molecule has 0 N–H and O–H groups in total. The van der Waals surface area contributed by atoms with Gasteiger partial charge in [0.25, 0.3) is 0 Å². The maximum Gasteiger partial charge on any atom is 0.314 e. The standard InChI is InChI=1S/C23H26O6/c1-23(2,22(25)28-5)13-29-20-17(10-12-19(26-3)21(20)27-4)14-7-6-8-16-15(14)9-11-18(16)24/h6-8,10,12H,9,11,13H2,1-5H3/i3D2. The summed E-state index contributed by atoms with van der Waals surface area (Å²) in [7, 11) is 1.20. The lowest BCUT2D eigenvalue weighted by Gasteiger charge is -2.24. The Kier molecular flexibility index (Phi) is 5.07. The van der Waals surface area contributed by atoms with Gasteiger partial charge in [0, 0.05) is 17.5 Å². The van der Waals surface area contributed by atoms with Gasteiger partial charge in [0.05, 0.1) is 29.4 Å². The van der Waals surface area contributed by atoms with Gasteiger partial charge in [-0.15, -0.1) is 0 Å². The molecule has 29 heavy (non-hydrogen) atoms. The van der Waals surface area contributed by atoms with E-state index in [1.165, 1.54) is 14.2 Å². The Hall–Kier alpha value is -3.02. The van der Waals surface area contributed by atoms with Crippen LogP contribution in [0.5, 0.6) is 17.2 Å². The predicted octanol–water partition coefficient (Wildman–Crippen LogP) is 4.08. The monoisotopic (exact) mass is 400 g/mol. The highest BCUT2D eigenvalue weighted by atomic mass is 16.5. The quantitative estimate of drug-likeness (QED) is 0.652. The third-order valence-corrected chi connectivity index (χ3v) is 5.09. The number of carbonyl (C=O) groups is 2. The van der Waals surface area contributed by atoms with Crippen molar-refractivity contribution < 1.29 is 31.3 Å². The van der Waals surface area contributed by atoms with E-state index in [1.807, 2.05) is 18.2 Å². The van der Waals surface area contributed by atoms with E-state index in [9.17, 15) is 9.59 Å². The molecule has 0 saturated carbocycles. The molecule has 0 fully saturated rings. The molecule has 6 heteroatoms. The molecule has 0 aliphatic heterocycles. The van der Waals surface area contributed by atoms with Crippen LogP contribution in [-0.2, 0) is 16.0 Å². The summed E-state index contributed by atoms with van der Waals surface area (Å²) in [6.07, 6.45) is 1.08. The lowest BCUT2D eigenvalue weighted by molar-refractivity contribution is -0.152. The number of benzene rings is 2. The average molecular weight is 400 g/mol. The highest BCUT2D eigenvalue weighted by Gasteiger charge is 2.32. The molecule has 0 heterocycles. The van der Waals surface area contributed by atoms with E-state index in [4.69, 9.17) is 21.7 Å². The molecule has 2 aromatic rings. The normalized spacial score (nSPS) is 14.2. The summed E-state index contributed by atoms with van der Waals surface area (Å²) in [6.45, 7) is 3.40. The van der Waals surface area contributed by atoms with E-state index in [-0.39, 0.29) is 23.9 Å². The second-order valence-corrected chi connectivity index (χ2v) is 7.51. The van der Waals surface area contributed by atoms with Gasteiger partial charge in [0.15, 0.2) is 17.3 Å². The molecule has 1 aliphatic carbocycles. The summed E-state index contributed by atoms with van der Waals surface area (Å²) in [5.74, 6) is 0.374. The molecule has 6 nitrogen and oxygen atoms in total. The number of fused-ring (bicyclic) bond motifs is 1. The van der Waals surface area contributed by atoms with E-state index >= 15 is 0 Å². The van der Waals surface area contributed by atoms with Gasteiger partial charge >= 0.3 is 5.97 Å². The Labute approximate surface area is 173 Å². The van der Waals surface area contributed by atoms with Gasteiger partial charge in [0.1, 0.15) is 6.61 Å². The van der Waals surface area contributed by atoms with Crippen molar-refractivity contribution in [2.45, 2.75) is 26.7 Å². The largest absolute Gasteiger partial charge is 0.493 e. The third kappa shape index (κ3) is 3.79. The fourth-order valence-corrected chi connectivity index (χ4v) is 3.52. The minimum Gasteiger partial charge on any atom is -0.493 e. The molecule has 0 spiro atoms. The lowest BCUT2D eigenvalue weighted by Crippen LogP contribution is -2.32. The second-order valence-electron chi connectivity index (χ2n) is 7.51. The number of esters is 1. The summed E-state index contributed by atoms with van der Waals surface area (Å²) < 4.78 is 36.6. The van der Waals surface area contributed by atoms with Crippen LogP contribution in [-0.4, -0.2) is 39.6 Å². The Balaban J connectivity index is 2.14. The molecule has 0 bridgehead atoms. The summed E-state index contributed by atoms with van der Waals surface area (Å²) in [6, 6.07) is 8.90. The first-order valence-corrected chi connectivity index (χ1v) is 9.28. The maximum atomic E-state index is 12.2. The molecule has 1 aliphatic rings. The van der Waals surface area contributed by atoms with E-state index in [0.717, 1.165) is 11.1 Å². The predicted molar refractivity (Wildman–Crippen MR) is 109 cm³/mol. The van der Waals surface area contributed by atoms with Crippen molar-refractivity contribution in [3.63, 3.8) is 0 Å². The maximum absolute atomic E-state index is 12.2. The lowest BCUT2D eigenvalue weighted by atomic mass is 9.94. The van der Waals surface area contributed by atoms with Gasteiger partial charge in [-0.3, -0.25) is 9.59 Å². The smallest absolute Gasteiger partial charge is 0.314 e. The number of Topliss-reactive ketones (excluding diaryl/α,β-unsaturated/α-hetero) is 1. The molecule has 0 aromatic heterocycles. The molecule has 3 rings (SSSR count). The van der Waals surface area contributed by atoms with Gasteiger partial charge in [-0.1, -0.05) is 18.2 Å². The zero-order valence-electron chi connectivity index (χ0n) is 19.0. The van der Waals surface area contributed by atoms with Crippen LogP contribution >= 0.6 is 0 Å². The van der Waals surface area contributed by atoms with Crippen LogP contribution in [0.4, 0.5) is 0 Å². The van der Waals surface area contributed by atoms with Gasteiger partial charge in [-0.25, -0.2) is 0 Å². The fraction of sp³-hybridized carbons (Fsp3) is 0.391. The summed E-state index contributed by atoms with van der Waals surface area (Å²) in [4.78, 5) is 24.3. The van der Waals surface area contributed by atoms with Crippen LogP contribution in [0, 0.1) is 5.41 Å². The molecule has 0 unspecified atom stereocenters. The van der Waals surface area contributed by atoms with Crippen molar-refractivity contribution in [2.75, 3.05) is 27.9 Å². The Bertz CT molecular complexity index is 1000. The van der Waals surface area contributed by atoms with E-state index in [1.54, 1.807) is 26.0 Å². The number of ketones is 1. The molecular weight excluding hydrogens is 372 g/mol. The van der Waals surface area contributed by atoms with Crippen LogP contribution in [0.2, 0.25) is 0 Å². The van der Waals surface area contributed by atoms with Gasteiger partial charge < -0.3 is 18.9 Å². The Morgan fingerprint density at radius 3 is 2.48 bits per heavy atom. The van der Waals surface area contributed by atoms with Crippen LogP contribution in [0.1, 0.15) is 38.9 Å². The fourth-order valence-electron chi connectivity index (χ4n) is 3.52. The highest BCUT2D eigenvalue weighted by Crippen LogP contribution is 2.47. The molecule has 0 saturated heterocycles. The first kappa shape index (κ1) is 18.0. The number of rotatable bonds is 7. The van der Waals surface area contributed by atoms with E-state index in [0.29, 0.717) is 29.7 Å². The van der Waals surface area contributed by atoms with Gasteiger partial charge in [-0.2, -0.15) is 0 Å². The SMILES string of the molecule is [2H]C([2H])Oc1ccc(-c2cccc3c2CCC3=O)c(OCC(C)(C)C(=O)OC)c1OC. The molecule has 2 aromatic carbocycles. The van der Waals surface area contributed by atoms with Gasteiger partial charge in [0.2, 0.25) is 5.75 Å². The summed E-state index contributed by atoms with van der Waals surface area (Å²) in [5.41, 5.74) is 2.18. The molecule has 0 amide bonds. The molecule has 154 valence electrons. The number of methoxy groups -OCH3 is 3. The average Bonchev–Trinajstić information content (AvgIpc) is 3.12. The Morgan fingerprint density at radius 2 is 1.79 bits per heavy atom. The van der Waals surface area contributed by atoms with Crippen molar-refractivity contribution in [1.29, 1.82) is 0 Å². The van der Waals surface area contributed by atoms with Crippen LogP contribution < -0.4 is 14.2 Å². The molecule has 0 atom stereocenters.